The minimum Gasteiger partial charge on any atom is -0.455 e. The highest BCUT2D eigenvalue weighted by Gasteiger charge is 2.18. The Hall–Kier alpha value is -1.98. The molecule has 2 aromatic rings. The lowest BCUT2D eigenvalue weighted by Crippen LogP contribution is -2.32. The molecule has 0 bridgehead atoms. The molecule has 0 aliphatic rings. The van der Waals surface area contributed by atoms with Crippen molar-refractivity contribution in [3.63, 3.8) is 0 Å². The number of amides is 1. The molecule has 0 aromatic heterocycles. The molecule has 0 aliphatic heterocycles. The van der Waals surface area contributed by atoms with E-state index in [1.807, 2.05) is 49.4 Å². The Labute approximate surface area is 156 Å². The van der Waals surface area contributed by atoms with Gasteiger partial charge in [-0.2, -0.15) is 0 Å². The normalized spacial score (nSPS) is 12.9. The summed E-state index contributed by atoms with van der Waals surface area (Å²) in [6, 6.07) is 16.7. The van der Waals surface area contributed by atoms with E-state index in [2.05, 4.69) is 5.32 Å². The summed E-state index contributed by atoms with van der Waals surface area (Å²) < 4.78 is 5.10. The summed E-state index contributed by atoms with van der Waals surface area (Å²) in [4.78, 5) is 24.9. The average molecular weight is 378 g/mol. The fraction of sp³-hybridized carbons (Fsp3) is 0.263. The summed E-state index contributed by atoms with van der Waals surface area (Å²) in [5.74, 6) is -0.754. The molecule has 0 saturated heterocycles. The SMILES string of the molecule is C[C@H](Sc1ccc(Cl)cc1)C(=O)OCC(=O)N[C@H](C)c1ccccc1. The number of carbonyl (C=O) groups is 2. The summed E-state index contributed by atoms with van der Waals surface area (Å²) in [6.07, 6.45) is 0. The van der Waals surface area contributed by atoms with Crippen LogP contribution in [-0.4, -0.2) is 23.7 Å². The van der Waals surface area contributed by atoms with E-state index in [9.17, 15) is 9.59 Å². The van der Waals surface area contributed by atoms with Crippen molar-refractivity contribution in [1.29, 1.82) is 0 Å². The van der Waals surface area contributed by atoms with Crippen LogP contribution in [0, 0.1) is 0 Å². The largest absolute Gasteiger partial charge is 0.455 e. The smallest absolute Gasteiger partial charge is 0.319 e. The van der Waals surface area contributed by atoms with Gasteiger partial charge in [-0.25, -0.2) is 0 Å². The fourth-order valence-electron chi connectivity index (χ4n) is 2.13. The van der Waals surface area contributed by atoms with E-state index in [1.165, 1.54) is 11.8 Å². The molecule has 0 fully saturated rings. The van der Waals surface area contributed by atoms with E-state index >= 15 is 0 Å². The average Bonchev–Trinajstić information content (AvgIpc) is 2.62. The van der Waals surface area contributed by atoms with Gasteiger partial charge in [-0.15, -0.1) is 11.8 Å². The number of esters is 1. The number of benzene rings is 2. The van der Waals surface area contributed by atoms with Gasteiger partial charge in [0.25, 0.3) is 5.91 Å². The van der Waals surface area contributed by atoms with Crippen molar-refractivity contribution in [2.45, 2.75) is 30.0 Å². The molecular formula is C19H20ClNO3S. The van der Waals surface area contributed by atoms with Crippen LogP contribution >= 0.6 is 23.4 Å². The quantitative estimate of drug-likeness (QED) is 0.579. The van der Waals surface area contributed by atoms with Gasteiger partial charge in [0.15, 0.2) is 6.61 Å². The molecule has 0 aliphatic carbocycles. The van der Waals surface area contributed by atoms with Gasteiger partial charge in [-0.05, 0) is 43.7 Å². The van der Waals surface area contributed by atoms with Crippen LogP contribution in [0.2, 0.25) is 5.02 Å². The molecule has 2 aromatic carbocycles. The molecule has 0 heterocycles. The van der Waals surface area contributed by atoms with Crippen LogP contribution in [0.4, 0.5) is 0 Å². The second-order valence-corrected chi connectivity index (χ2v) is 7.37. The van der Waals surface area contributed by atoms with Crippen LogP contribution in [0.25, 0.3) is 0 Å². The zero-order valence-electron chi connectivity index (χ0n) is 14.1. The lowest BCUT2D eigenvalue weighted by atomic mass is 10.1. The lowest BCUT2D eigenvalue weighted by molar-refractivity contribution is -0.147. The highest BCUT2D eigenvalue weighted by Crippen LogP contribution is 2.25. The first-order chi connectivity index (χ1) is 12.0. The first kappa shape index (κ1) is 19.3. The Kier molecular flexibility index (Phi) is 7.34. The number of halogens is 1. The maximum Gasteiger partial charge on any atom is 0.319 e. The van der Waals surface area contributed by atoms with Crippen LogP contribution in [0.1, 0.15) is 25.5 Å². The molecule has 0 saturated carbocycles. The third kappa shape index (κ3) is 6.44. The first-order valence-electron chi connectivity index (χ1n) is 7.89. The maximum atomic E-state index is 12.0. The Morgan fingerprint density at radius 1 is 1.08 bits per heavy atom. The number of carbonyl (C=O) groups excluding carboxylic acids is 2. The predicted octanol–water partition coefficient (Wildman–Crippen LogP) is 4.24. The van der Waals surface area contributed by atoms with Crippen molar-refractivity contribution >= 4 is 35.2 Å². The Bertz CT molecular complexity index is 706. The lowest BCUT2D eigenvalue weighted by Gasteiger charge is -2.15. The second-order valence-electron chi connectivity index (χ2n) is 5.52. The van der Waals surface area contributed by atoms with Crippen LogP contribution in [0.15, 0.2) is 59.5 Å². The highest BCUT2D eigenvalue weighted by molar-refractivity contribution is 8.00. The summed E-state index contributed by atoms with van der Waals surface area (Å²) in [5, 5.41) is 3.03. The van der Waals surface area contributed by atoms with Crippen LogP contribution < -0.4 is 5.32 Å². The standard InChI is InChI=1S/C19H20ClNO3S/c1-13(15-6-4-3-5-7-15)21-18(22)12-24-19(23)14(2)25-17-10-8-16(20)9-11-17/h3-11,13-14H,12H2,1-2H3,(H,21,22)/t13-,14+/m1/s1. The van der Waals surface area contributed by atoms with Gasteiger partial charge in [0.1, 0.15) is 5.25 Å². The van der Waals surface area contributed by atoms with Gasteiger partial charge in [-0.3, -0.25) is 9.59 Å². The van der Waals surface area contributed by atoms with Gasteiger partial charge < -0.3 is 10.1 Å². The van der Waals surface area contributed by atoms with Crippen molar-refractivity contribution in [2.75, 3.05) is 6.61 Å². The molecule has 2 atom stereocenters. The number of nitrogens with one attached hydrogen (secondary N) is 1. The topological polar surface area (TPSA) is 55.4 Å². The predicted molar refractivity (Wildman–Crippen MR) is 101 cm³/mol. The number of hydrogen-bond acceptors (Lipinski definition) is 4. The number of hydrogen-bond donors (Lipinski definition) is 1. The molecule has 0 spiro atoms. The summed E-state index contributed by atoms with van der Waals surface area (Å²) in [6.45, 7) is 3.34. The van der Waals surface area contributed by atoms with Crippen LogP contribution in [-0.2, 0) is 14.3 Å². The molecule has 25 heavy (non-hydrogen) atoms. The van der Waals surface area contributed by atoms with Crippen molar-refractivity contribution in [3.8, 4) is 0 Å². The molecule has 1 N–H and O–H groups in total. The third-order valence-electron chi connectivity index (χ3n) is 3.48. The molecule has 0 unspecified atom stereocenters. The number of thioether (sulfide) groups is 1. The van der Waals surface area contributed by atoms with E-state index in [0.29, 0.717) is 5.02 Å². The second kappa shape index (κ2) is 9.49. The van der Waals surface area contributed by atoms with Crippen molar-refractivity contribution in [1.82, 2.24) is 5.32 Å². The van der Waals surface area contributed by atoms with Gasteiger partial charge in [0.2, 0.25) is 0 Å². The van der Waals surface area contributed by atoms with Gasteiger partial charge in [0.05, 0.1) is 6.04 Å². The minimum atomic E-state index is -0.428. The Balaban J connectivity index is 1.76. The molecule has 132 valence electrons. The number of ether oxygens (including phenoxy) is 1. The van der Waals surface area contributed by atoms with Gasteiger partial charge in [0, 0.05) is 9.92 Å². The Morgan fingerprint density at radius 3 is 2.36 bits per heavy atom. The Morgan fingerprint density at radius 2 is 1.72 bits per heavy atom. The molecule has 2 rings (SSSR count). The fourth-order valence-corrected chi connectivity index (χ4v) is 3.12. The van der Waals surface area contributed by atoms with Gasteiger partial charge >= 0.3 is 5.97 Å². The zero-order chi connectivity index (χ0) is 18.2. The zero-order valence-corrected chi connectivity index (χ0v) is 15.6. The maximum absolute atomic E-state index is 12.0. The van der Waals surface area contributed by atoms with E-state index in [1.54, 1.807) is 19.1 Å². The van der Waals surface area contributed by atoms with E-state index < -0.39 is 11.2 Å². The minimum absolute atomic E-state index is 0.145. The van der Waals surface area contributed by atoms with E-state index in [4.69, 9.17) is 16.3 Å². The van der Waals surface area contributed by atoms with E-state index in [0.717, 1.165) is 10.5 Å². The van der Waals surface area contributed by atoms with Crippen molar-refractivity contribution in [2.24, 2.45) is 0 Å². The number of rotatable bonds is 7. The molecule has 1 amide bonds. The van der Waals surface area contributed by atoms with Crippen LogP contribution in [0.3, 0.4) is 0 Å². The monoisotopic (exact) mass is 377 g/mol. The molecule has 4 nitrogen and oxygen atoms in total. The first-order valence-corrected chi connectivity index (χ1v) is 9.14. The summed E-state index contributed by atoms with van der Waals surface area (Å²) in [7, 11) is 0. The summed E-state index contributed by atoms with van der Waals surface area (Å²) >= 11 is 7.19. The molecule has 6 heteroatoms. The highest BCUT2D eigenvalue weighted by atomic mass is 35.5. The van der Waals surface area contributed by atoms with Crippen molar-refractivity contribution in [3.05, 3.63) is 65.2 Å². The van der Waals surface area contributed by atoms with E-state index in [-0.39, 0.29) is 18.6 Å². The van der Waals surface area contributed by atoms with Crippen molar-refractivity contribution < 1.29 is 14.3 Å². The summed E-state index contributed by atoms with van der Waals surface area (Å²) in [5.41, 5.74) is 0.994. The molecular weight excluding hydrogens is 358 g/mol. The third-order valence-corrected chi connectivity index (χ3v) is 4.82. The van der Waals surface area contributed by atoms with Gasteiger partial charge in [-0.1, -0.05) is 41.9 Å². The van der Waals surface area contributed by atoms with Crippen LogP contribution in [0.5, 0.6) is 0 Å². The molecule has 0 radical (unpaired) electrons.